The largest absolute Gasteiger partial charge is 0.550 e. The quantitative estimate of drug-likeness (QED) is 0.593. The van der Waals surface area contributed by atoms with Crippen molar-refractivity contribution in [3.8, 4) is 5.75 Å². The average Bonchev–Trinajstić information content (AvgIpc) is 2.62. The van der Waals surface area contributed by atoms with E-state index in [4.69, 9.17) is 16.3 Å². The summed E-state index contributed by atoms with van der Waals surface area (Å²) < 4.78 is 5.88. The lowest BCUT2D eigenvalue weighted by Crippen LogP contribution is -2.29. The van der Waals surface area contributed by atoms with Crippen LogP contribution in [0.5, 0.6) is 5.75 Å². The number of hydrogen-bond acceptors (Lipinski definition) is 5. The number of rotatable bonds is 7. The number of carbonyl (C=O) groups excluding carboxylic acids is 1. The van der Waals surface area contributed by atoms with E-state index in [1.165, 1.54) is 11.8 Å². The molecule has 0 saturated carbocycles. The van der Waals surface area contributed by atoms with Crippen molar-refractivity contribution in [1.29, 1.82) is 0 Å². The topological polar surface area (TPSA) is 62.2 Å². The van der Waals surface area contributed by atoms with Gasteiger partial charge in [-0.1, -0.05) is 29.8 Å². The normalized spacial score (nSPS) is 12.0. The van der Waals surface area contributed by atoms with Crippen LogP contribution in [-0.4, -0.2) is 22.8 Å². The van der Waals surface area contributed by atoms with Crippen LogP contribution in [0.15, 0.2) is 65.7 Å². The number of carboxylic acids is 1. The highest BCUT2D eigenvalue weighted by Gasteiger charge is 2.14. The van der Waals surface area contributed by atoms with Crippen LogP contribution in [0.1, 0.15) is 6.42 Å². The molecule has 4 nitrogen and oxygen atoms in total. The summed E-state index contributed by atoms with van der Waals surface area (Å²) >= 11 is 7.63. The zero-order valence-electron chi connectivity index (χ0n) is 13.2. The molecule has 6 heteroatoms. The van der Waals surface area contributed by atoms with Gasteiger partial charge in [-0.15, -0.1) is 11.8 Å². The number of carbonyl (C=O) groups is 1. The van der Waals surface area contributed by atoms with Crippen LogP contribution in [0, 0.1) is 0 Å². The van der Waals surface area contributed by atoms with E-state index in [0.29, 0.717) is 16.3 Å². The Morgan fingerprint density at radius 2 is 1.96 bits per heavy atom. The molecule has 0 radical (unpaired) electrons. The Hall–Kier alpha value is -2.24. The third-order valence-electron chi connectivity index (χ3n) is 3.54. The van der Waals surface area contributed by atoms with Crippen molar-refractivity contribution in [1.82, 2.24) is 4.98 Å². The number of carboxylic acid groups (broad SMARTS) is 1. The van der Waals surface area contributed by atoms with Crippen molar-refractivity contribution in [2.45, 2.75) is 16.6 Å². The predicted octanol–water partition coefficient (Wildman–Crippen LogP) is 3.57. The summed E-state index contributed by atoms with van der Waals surface area (Å²) in [6.07, 6.45) is 1.57. The van der Waals surface area contributed by atoms with E-state index in [0.717, 1.165) is 10.3 Å². The molecule has 0 fully saturated rings. The van der Waals surface area contributed by atoms with Crippen molar-refractivity contribution in [3.05, 3.63) is 65.8 Å². The minimum atomic E-state index is -1.10. The number of aromatic nitrogens is 1. The zero-order chi connectivity index (χ0) is 17.6. The van der Waals surface area contributed by atoms with Gasteiger partial charge in [0.1, 0.15) is 17.9 Å². The fourth-order valence-electron chi connectivity index (χ4n) is 2.42. The summed E-state index contributed by atoms with van der Waals surface area (Å²) in [6, 6.07) is 16.8. The van der Waals surface area contributed by atoms with Crippen LogP contribution in [0.25, 0.3) is 10.9 Å². The second-order valence-electron chi connectivity index (χ2n) is 5.39. The average molecular weight is 373 g/mol. The molecule has 25 heavy (non-hydrogen) atoms. The van der Waals surface area contributed by atoms with Crippen molar-refractivity contribution in [2.24, 2.45) is 0 Å². The number of thioether (sulfide) groups is 1. The lowest BCUT2D eigenvalue weighted by atomic mass is 10.2. The minimum absolute atomic E-state index is 0.0987. The first-order valence-electron chi connectivity index (χ1n) is 7.71. The molecule has 1 aromatic heterocycles. The highest BCUT2D eigenvalue weighted by molar-refractivity contribution is 8.00. The van der Waals surface area contributed by atoms with Gasteiger partial charge in [0, 0.05) is 34.1 Å². The van der Waals surface area contributed by atoms with Crippen molar-refractivity contribution < 1.29 is 14.6 Å². The number of nitrogens with zero attached hydrogens (tertiary/aromatic N) is 1. The first-order valence-corrected chi connectivity index (χ1v) is 8.97. The summed E-state index contributed by atoms with van der Waals surface area (Å²) in [4.78, 5) is 16.4. The summed E-state index contributed by atoms with van der Waals surface area (Å²) in [5, 5.41) is 12.2. The zero-order valence-corrected chi connectivity index (χ0v) is 14.8. The van der Waals surface area contributed by atoms with E-state index >= 15 is 0 Å². The molecule has 3 aromatic rings. The standard InChI is InChI=1S/C19H16ClNO3S/c20-16-8-9-17(19-15(16)7-4-10-21-19)24-12-14(11-18(22)23)25-13-5-2-1-3-6-13/h1-10,14H,11-12H2,(H,22,23)/p-1. The molecule has 0 aliphatic carbocycles. The maximum atomic E-state index is 11.1. The molecule has 3 rings (SSSR count). The van der Waals surface area contributed by atoms with Crippen LogP contribution >= 0.6 is 23.4 Å². The maximum absolute atomic E-state index is 11.1. The third-order valence-corrected chi connectivity index (χ3v) is 5.05. The Bertz CT molecular complexity index is 873. The van der Waals surface area contributed by atoms with Crippen LogP contribution in [0.3, 0.4) is 0 Å². The van der Waals surface area contributed by atoms with Gasteiger partial charge in [0.15, 0.2) is 0 Å². The Labute approximate surface area is 154 Å². The molecule has 1 atom stereocenters. The summed E-state index contributed by atoms with van der Waals surface area (Å²) in [5.41, 5.74) is 0.659. The molecule has 0 aliphatic heterocycles. The van der Waals surface area contributed by atoms with Gasteiger partial charge in [0.2, 0.25) is 0 Å². The van der Waals surface area contributed by atoms with Crippen LogP contribution in [0.4, 0.5) is 0 Å². The predicted molar refractivity (Wildman–Crippen MR) is 98.0 cm³/mol. The van der Waals surface area contributed by atoms with Gasteiger partial charge < -0.3 is 14.6 Å². The SMILES string of the molecule is O=C([O-])CC(COc1ccc(Cl)c2cccnc12)Sc1ccccc1. The highest BCUT2D eigenvalue weighted by Crippen LogP contribution is 2.31. The van der Waals surface area contributed by atoms with Crippen molar-refractivity contribution in [2.75, 3.05) is 6.61 Å². The Morgan fingerprint density at radius 1 is 1.16 bits per heavy atom. The number of hydrogen-bond donors (Lipinski definition) is 0. The van der Waals surface area contributed by atoms with Gasteiger partial charge in [-0.25, -0.2) is 0 Å². The number of halogens is 1. The van der Waals surface area contributed by atoms with Gasteiger partial charge in [-0.3, -0.25) is 4.98 Å². The summed E-state index contributed by atoms with van der Waals surface area (Å²) in [6.45, 7) is 0.223. The van der Waals surface area contributed by atoms with Crippen molar-refractivity contribution >= 4 is 40.2 Å². The Kier molecular flexibility index (Phi) is 5.79. The molecule has 1 heterocycles. The smallest absolute Gasteiger partial charge is 0.145 e. The molecular formula is C19H15ClNO3S-. The van der Waals surface area contributed by atoms with E-state index in [1.807, 2.05) is 42.5 Å². The minimum Gasteiger partial charge on any atom is -0.550 e. The molecule has 0 amide bonds. The van der Waals surface area contributed by atoms with Gasteiger partial charge in [-0.05, 0) is 36.4 Å². The van der Waals surface area contributed by atoms with Gasteiger partial charge in [-0.2, -0.15) is 0 Å². The molecular weight excluding hydrogens is 358 g/mol. The van der Waals surface area contributed by atoms with E-state index in [2.05, 4.69) is 4.98 Å². The lowest BCUT2D eigenvalue weighted by Gasteiger charge is -2.18. The van der Waals surface area contributed by atoms with Gasteiger partial charge in [0.25, 0.3) is 0 Å². The van der Waals surface area contributed by atoms with E-state index in [1.54, 1.807) is 18.3 Å². The molecule has 0 saturated heterocycles. The number of pyridine rings is 1. The van der Waals surface area contributed by atoms with E-state index in [9.17, 15) is 9.90 Å². The molecule has 0 bridgehead atoms. The fraction of sp³-hybridized carbons (Fsp3) is 0.158. The van der Waals surface area contributed by atoms with Crippen LogP contribution in [-0.2, 0) is 4.79 Å². The Balaban J connectivity index is 1.77. The first kappa shape index (κ1) is 17.6. The fourth-order valence-corrected chi connectivity index (χ4v) is 3.69. The van der Waals surface area contributed by atoms with Crippen LogP contribution < -0.4 is 9.84 Å². The number of aliphatic carboxylic acids is 1. The molecule has 0 spiro atoms. The van der Waals surface area contributed by atoms with Crippen molar-refractivity contribution in [3.63, 3.8) is 0 Å². The summed E-state index contributed by atoms with van der Waals surface area (Å²) in [7, 11) is 0. The molecule has 1 unspecified atom stereocenters. The lowest BCUT2D eigenvalue weighted by molar-refractivity contribution is -0.305. The second-order valence-corrected chi connectivity index (χ2v) is 7.17. The monoisotopic (exact) mass is 372 g/mol. The number of fused-ring (bicyclic) bond motifs is 1. The first-order chi connectivity index (χ1) is 12.1. The van der Waals surface area contributed by atoms with E-state index in [-0.39, 0.29) is 18.3 Å². The number of benzene rings is 2. The van der Waals surface area contributed by atoms with Gasteiger partial charge in [0.05, 0.1) is 5.02 Å². The molecule has 128 valence electrons. The van der Waals surface area contributed by atoms with E-state index < -0.39 is 5.97 Å². The van der Waals surface area contributed by atoms with Crippen LogP contribution in [0.2, 0.25) is 5.02 Å². The third kappa shape index (κ3) is 4.65. The molecule has 0 N–H and O–H groups in total. The molecule has 0 aliphatic rings. The maximum Gasteiger partial charge on any atom is 0.145 e. The summed E-state index contributed by atoms with van der Waals surface area (Å²) in [5.74, 6) is -0.520. The second kappa shape index (κ2) is 8.23. The highest BCUT2D eigenvalue weighted by atomic mass is 35.5. The number of ether oxygens (including phenoxy) is 1. The Morgan fingerprint density at radius 3 is 2.72 bits per heavy atom. The molecule has 2 aromatic carbocycles. The van der Waals surface area contributed by atoms with Gasteiger partial charge >= 0.3 is 0 Å².